The molecule has 146 valence electrons. The van der Waals surface area contributed by atoms with Crippen LogP contribution in [0.3, 0.4) is 0 Å². The lowest BCUT2D eigenvalue weighted by Gasteiger charge is -2.21. The van der Waals surface area contributed by atoms with Crippen LogP contribution in [0.15, 0.2) is 29.7 Å². The predicted octanol–water partition coefficient (Wildman–Crippen LogP) is 2.86. The summed E-state index contributed by atoms with van der Waals surface area (Å²) in [6, 6.07) is 3.24. The quantitative estimate of drug-likeness (QED) is 0.736. The lowest BCUT2D eigenvalue weighted by molar-refractivity contribution is -0.119. The summed E-state index contributed by atoms with van der Waals surface area (Å²) in [5.74, 6) is 0.359. The number of imide groups is 1. The zero-order valence-corrected chi connectivity index (χ0v) is 17.1. The smallest absolute Gasteiger partial charge is 0.321 e. The molecule has 2 rings (SSSR count). The summed E-state index contributed by atoms with van der Waals surface area (Å²) in [5, 5.41) is 13.7. The molecule has 0 saturated heterocycles. The summed E-state index contributed by atoms with van der Waals surface area (Å²) in [4.78, 5) is 28.2. The molecule has 0 aromatic carbocycles. The van der Waals surface area contributed by atoms with E-state index in [1.54, 1.807) is 19.3 Å². The molecule has 27 heavy (non-hydrogen) atoms. The Balaban J connectivity index is 2.11. The number of hydrogen-bond acceptors (Lipinski definition) is 6. The van der Waals surface area contributed by atoms with Gasteiger partial charge in [0.05, 0.1) is 5.25 Å². The average molecular weight is 391 g/mol. The third kappa shape index (κ3) is 6.06. The second-order valence-corrected chi connectivity index (χ2v) is 8.46. The van der Waals surface area contributed by atoms with Gasteiger partial charge in [-0.1, -0.05) is 18.7 Å². The highest BCUT2D eigenvalue weighted by molar-refractivity contribution is 8.00. The van der Waals surface area contributed by atoms with Crippen molar-refractivity contribution in [3.05, 3.63) is 24.5 Å². The van der Waals surface area contributed by atoms with Gasteiger partial charge in [-0.3, -0.25) is 15.1 Å². The molecule has 0 fully saturated rings. The minimum Gasteiger partial charge on any atom is -0.333 e. The highest BCUT2D eigenvalue weighted by atomic mass is 32.2. The van der Waals surface area contributed by atoms with Crippen molar-refractivity contribution in [1.82, 2.24) is 30.4 Å². The summed E-state index contributed by atoms with van der Waals surface area (Å²) in [5.41, 5.74) is 0.501. The van der Waals surface area contributed by atoms with E-state index in [-0.39, 0.29) is 5.91 Å². The SMILES string of the molecule is CCCn1c(S[C@@H](C)C(=O)NC(=O)NC(C)(C)C)nnc1-c1ccncc1. The molecule has 2 aromatic heterocycles. The average Bonchev–Trinajstić information content (AvgIpc) is 2.96. The van der Waals surface area contributed by atoms with Crippen LogP contribution in [0.5, 0.6) is 0 Å². The van der Waals surface area contributed by atoms with Crippen LogP contribution in [-0.2, 0) is 11.3 Å². The van der Waals surface area contributed by atoms with Gasteiger partial charge in [0.15, 0.2) is 11.0 Å². The Kier molecular flexibility index (Phi) is 6.95. The zero-order chi connectivity index (χ0) is 20.0. The molecular weight excluding hydrogens is 364 g/mol. The van der Waals surface area contributed by atoms with Crippen molar-refractivity contribution in [3.63, 3.8) is 0 Å². The first-order chi connectivity index (χ1) is 12.7. The molecule has 2 aromatic rings. The highest BCUT2D eigenvalue weighted by Gasteiger charge is 2.23. The second kappa shape index (κ2) is 8.98. The van der Waals surface area contributed by atoms with Gasteiger partial charge in [0.2, 0.25) is 5.91 Å². The van der Waals surface area contributed by atoms with Gasteiger partial charge < -0.3 is 9.88 Å². The maximum absolute atomic E-state index is 12.3. The summed E-state index contributed by atoms with van der Waals surface area (Å²) in [6.45, 7) is 10.1. The first-order valence-corrected chi connectivity index (χ1v) is 9.72. The van der Waals surface area contributed by atoms with E-state index >= 15 is 0 Å². The van der Waals surface area contributed by atoms with Crippen LogP contribution >= 0.6 is 11.8 Å². The largest absolute Gasteiger partial charge is 0.333 e. The Labute approximate surface area is 163 Å². The van der Waals surface area contributed by atoms with Gasteiger partial charge in [-0.05, 0) is 46.2 Å². The molecule has 0 aliphatic heterocycles. The Morgan fingerprint density at radius 1 is 1.22 bits per heavy atom. The van der Waals surface area contributed by atoms with Gasteiger partial charge in [0, 0.05) is 30.0 Å². The Morgan fingerprint density at radius 3 is 2.48 bits per heavy atom. The van der Waals surface area contributed by atoms with Crippen molar-refractivity contribution in [2.75, 3.05) is 0 Å². The van der Waals surface area contributed by atoms with E-state index in [4.69, 9.17) is 0 Å². The Hall–Kier alpha value is -2.42. The first-order valence-electron chi connectivity index (χ1n) is 8.84. The van der Waals surface area contributed by atoms with E-state index in [0.29, 0.717) is 5.16 Å². The van der Waals surface area contributed by atoms with E-state index in [0.717, 1.165) is 24.4 Å². The highest BCUT2D eigenvalue weighted by Crippen LogP contribution is 2.27. The summed E-state index contributed by atoms with van der Waals surface area (Å²) in [7, 11) is 0. The predicted molar refractivity (Wildman–Crippen MR) is 105 cm³/mol. The molecule has 3 amide bonds. The van der Waals surface area contributed by atoms with Crippen LogP contribution < -0.4 is 10.6 Å². The van der Waals surface area contributed by atoms with Crippen molar-refractivity contribution in [2.24, 2.45) is 0 Å². The number of carbonyl (C=O) groups excluding carboxylic acids is 2. The third-order valence-electron chi connectivity index (χ3n) is 3.48. The van der Waals surface area contributed by atoms with E-state index in [2.05, 4.69) is 32.7 Å². The fourth-order valence-electron chi connectivity index (χ4n) is 2.31. The monoisotopic (exact) mass is 390 g/mol. The number of pyridine rings is 1. The summed E-state index contributed by atoms with van der Waals surface area (Å²) >= 11 is 1.28. The topological polar surface area (TPSA) is 102 Å². The molecule has 0 spiro atoms. The maximum atomic E-state index is 12.3. The number of hydrogen-bond donors (Lipinski definition) is 2. The van der Waals surface area contributed by atoms with E-state index in [9.17, 15) is 9.59 Å². The standard InChI is InChI=1S/C18H26N6O2S/c1-6-11-24-14(13-7-9-19-10-8-13)22-23-17(24)27-12(2)15(25)20-16(26)21-18(3,4)5/h7-10,12H,6,11H2,1-5H3,(H2,20,21,25,26)/t12-/m0/s1. The Morgan fingerprint density at radius 2 is 1.89 bits per heavy atom. The second-order valence-electron chi connectivity index (χ2n) is 7.15. The fraction of sp³-hybridized carbons (Fsp3) is 0.500. The number of nitrogens with one attached hydrogen (secondary N) is 2. The van der Waals surface area contributed by atoms with Gasteiger partial charge in [-0.2, -0.15) is 0 Å². The third-order valence-corrected chi connectivity index (χ3v) is 4.56. The van der Waals surface area contributed by atoms with Crippen LogP contribution in [-0.4, -0.2) is 42.5 Å². The van der Waals surface area contributed by atoms with Crippen molar-refractivity contribution < 1.29 is 9.59 Å². The Bertz CT molecular complexity index is 785. The molecule has 0 unspecified atom stereocenters. The van der Waals surface area contributed by atoms with Crippen LogP contribution in [0, 0.1) is 0 Å². The van der Waals surface area contributed by atoms with E-state index in [1.807, 2.05) is 37.5 Å². The molecule has 9 heteroatoms. The lowest BCUT2D eigenvalue weighted by Crippen LogP contribution is -2.49. The van der Waals surface area contributed by atoms with Gasteiger partial charge in [0.1, 0.15) is 0 Å². The molecule has 8 nitrogen and oxygen atoms in total. The summed E-state index contributed by atoms with van der Waals surface area (Å²) in [6.07, 6.45) is 4.31. The maximum Gasteiger partial charge on any atom is 0.321 e. The molecule has 2 heterocycles. The molecule has 0 saturated carbocycles. The van der Waals surface area contributed by atoms with Crippen molar-refractivity contribution in [1.29, 1.82) is 0 Å². The van der Waals surface area contributed by atoms with Gasteiger partial charge in [-0.25, -0.2) is 4.79 Å². The van der Waals surface area contributed by atoms with E-state index in [1.165, 1.54) is 11.8 Å². The van der Waals surface area contributed by atoms with Crippen molar-refractivity contribution in [3.8, 4) is 11.4 Å². The van der Waals surface area contributed by atoms with E-state index < -0.39 is 16.8 Å². The van der Waals surface area contributed by atoms with Crippen molar-refractivity contribution in [2.45, 2.75) is 63.5 Å². The van der Waals surface area contributed by atoms with Crippen LogP contribution in [0.1, 0.15) is 41.0 Å². The number of urea groups is 1. The minimum atomic E-state index is -0.507. The molecule has 0 aliphatic carbocycles. The summed E-state index contributed by atoms with van der Waals surface area (Å²) < 4.78 is 1.99. The number of thioether (sulfide) groups is 1. The number of aromatic nitrogens is 4. The fourth-order valence-corrected chi connectivity index (χ4v) is 3.19. The normalized spacial score (nSPS) is 12.5. The van der Waals surface area contributed by atoms with Crippen LogP contribution in [0.4, 0.5) is 4.79 Å². The van der Waals surface area contributed by atoms with Gasteiger partial charge >= 0.3 is 6.03 Å². The molecular formula is C18H26N6O2S. The van der Waals surface area contributed by atoms with Crippen molar-refractivity contribution >= 4 is 23.7 Å². The van der Waals surface area contributed by atoms with Crippen LogP contribution in [0.2, 0.25) is 0 Å². The molecule has 2 N–H and O–H groups in total. The number of amides is 3. The molecule has 0 radical (unpaired) electrons. The minimum absolute atomic E-state index is 0.377. The first kappa shape index (κ1) is 20.9. The lowest BCUT2D eigenvalue weighted by atomic mass is 10.1. The van der Waals surface area contributed by atoms with Gasteiger partial charge in [0.25, 0.3) is 0 Å². The molecule has 1 atom stereocenters. The van der Waals surface area contributed by atoms with Crippen LogP contribution in [0.25, 0.3) is 11.4 Å². The molecule has 0 aliphatic rings. The number of rotatable bonds is 6. The number of carbonyl (C=O) groups is 2. The van der Waals surface area contributed by atoms with Gasteiger partial charge in [-0.15, -0.1) is 10.2 Å². The zero-order valence-electron chi connectivity index (χ0n) is 16.3. The number of nitrogens with zero attached hydrogens (tertiary/aromatic N) is 4. The molecule has 0 bridgehead atoms.